The fourth-order valence-corrected chi connectivity index (χ4v) is 1.33. The number of rotatable bonds is 7. The van der Waals surface area contributed by atoms with E-state index in [9.17, 15) is 9.59 Å². The van der Waals surface area contributed by atoms with Crippen LogP contribution in [0.3, 0.4) is 0 Å². The first-order valence-corrected chi connectivity index (χ1v) is 5.79. The third-order valence-corrected chi connectivity index (χ3v) is 2.44. The molecule has 0 unspecified atom stereocenters. The molecule has 1 rings (SSSR count). The van der Waals surface area contributed by atoms with Gasteiger partial charge in [-0.15, -0.1) is 0 Å². The summed E-state index contributed by atoms with van der Waals surface area (Å²) in [6.07, 6.45) is -0.101. The van der Waals surface area contributed by atoms with E-state index in [2.05, 4.69) is 5.32 Å². The molecule has 0 heterocycles. The Balaban J connectivity index is 2.70. The standard InChI is InChI=1S/C13H17NO5/c1-9(18-2)7-14-13(17)10-5-3-4-6-11(10)19-8-12(15)16/h3-6,9H,7-8H2,1-2H3,(H,14,17)(H,15,16)/t9-/m1/s1. The van der Waals surface area contributed by atoms with E-state index in [0.29, 0.717) is 12.1 Å². The van der Waals surface area contributed by atoms with E-state index in [4.69, 9.17) is 14.6 Å². The molecule has 0 radical (unpaired) electrons. The molecule has 0 aliphatic carbocycles. The van der Waals surface area contributed by atoms with Gasteiger partial charge in [0.25, 0.3) is 5.91 Å². The fraction of sp³-hybridized carbons (Fsp3) is 0.385. The van der Waals surface area contributed by atoms with E-state index in [-0.39, 0.29) is 17.8 Å². The second-order valence-electron chi connectivity index (χ2n) is 3.93. The largest absolute Gasteiger partial charge is 0.481 e. The number of carboxylic acid groups (broad SMARTS) is 1. The van der Waals surface area contributed by atoms with Gasteiger partial charge in [-0.05, 0) is 19.1 Å². The summed E-state index contributed by atoms with van der Waals surface area (Å²) in [5.74, 6) is -1.18. The number of nitrogens with one attached hydrogen (secondary N) is 1. The van der Waals surface area contributed by atoms with E-state index in [1.54, 1.807) is 31.4 Å². The van der Waals surface area contributed by atoms with E-state index >= 15 is 0 Å². The molecule has 2 N–H and O–H groups in total. The van der Waals surface area contributed by atoms with Crippen molar-refractivity contribution in [2.45, 2.75) is 13.0 Å². The zero-order chi connectivity index (χ0) is 14.3. The lowest BCUT2D eigenvalue weighted by atomic mass is 10.2. The van der Waals surface area contributed by atoms with Crippen LogP contribution in [0.1, 0.15) is 17.3 Å². The highest BCUT2D eigenvalue weighted by Crippen LogP contribution is 2.17. The normalized spacial score (nSPS) is 11.7. The minimum Gasteiger partial charge on any atom is -0.481 e. The van der Waals surface area contributed by atoms with Crippen LogP contribution in [0.2, 0.25) is 0 Å². The molecule has 19 heavy (non-hydrogen) atoms. The monoisotopic (exact) mass is 267 g/mol. The Morgan fingerprint density at radius 1 is 1.37 bits per heavy atom. The summed E-state index contributed by atoms with van der Waals surface area (Å²) >= 11 is 0. The number of benzene rings is 1. The highest BCUT2D eigenvalue weighted by atomic mass is 16.5. The van der Waals surface area contributed by atoms with Crippen LogP contribution in [0.4, 0.5) is 0 Å². The van der Waals surface area contributed by atoms with Crippen molar-refractivity contribution in [1.82, 2.24) is 5.32 Å². The second-order valence-corrected chi connectivity index (χ2v) is 3.93. The van der Waals surface area contributed by atoms with Gasteiger partial charge in [-0.3, -0.25) is 4.79 Å². The number of methoxy groups -OCH3 is 1. The number of ether oxygens (including phenoxy) is 2. The number of aliphatic carboxylic acids is 1. The van der Waals surface area contributed by atoms with Gasteiger partial charge in [-0.25, -0.2) is 4.79 Å². The molecule has 0 aliphatic rings. The molecule has 1 aromatic rings. The minimum atomic E-state index is -1.09. The van der Waals surface area contributed by atoms with Crippen LogP contribution in [0.25, 0.3) is 0 Å². The molecule has 0 saturated heterocycles. The number of para-hydroxylation sites is 1. The average molecular weight is 267 g/mol. The van der Waals surface area contributed by atoms with E-state index in [0.717, 1.165) is 0 Å². The lowest BCUT2D eigenvalue weighted by molar-refractivity contribution is -0.139. The SMILES string of the molecule is CO[C@H](C)CNC(=O)c1ccccc1OCC(=O)O. The lowest BCUT2D eigenvalue weighted by Crippen LogP contribution is -2.31. The zero-order valence-electron chi connectivity index (χ0n) is 10.9. The average Bonchev–Trinajstić information content (AvgIpc) is 2.42. The van der Waals surface area contributed by atoms with Gasteiger partial charge in [0.05, 0.1) is 11.7 Å². The number of carbonyl (C=O) groups is 2. The third kappa shape index (κ3) is 4.97. The van der Waals surface area contributed by atoms with Gasteiger partial charge in [0.1, 0.15) is 5.75 Å². The molecule has 0 bridgehead atoms. The van der Waals surface area contributed by atoms with Gasteiger partial charge >= 0.3 is 5.97 Å². The Morgan fingerprint density at radius 2 is 2.05 bits per heavy atom. The highest BCUT2D eigenvalue weighted by Gasteiger charge is 2.13. The predicted octanol–water partition coefficient (Wildman–Crippen LogP) is 0.915. The van der Waals surface area contributed by atoms with Crippen LogP contribution in [-0.2, 0) is 9.53 Å². The predicted molar refractivity (Wildman–Crippen MR) is 68.4 cm³/mol. The van der Waals surface area contributed by atoms with Crippen LogP contribution < -0.4 is 10.1 Å². The maximum atomic E-state index is 11.9. The summed E-state index contributed by atoms with van der Waals surface area (Å²) in [6, 6.07) is 6.48. The Labute approximate surface area is 111 Å². The number of hydrogen-bond acceptors (Lipinski definition) is 4. The van der Waals surface area contributed by atoms with Gasteiger partial charge in [0.15, 0.2) is 6.61 Å². The van der Waals surface area contributed by atoms with Gasteiger partial charge in [-0.2, -0.15) is 0 Å². The van der Waals surface area contributed by atoms with Crippen molar-refractivity contribution in [2.75, 3.05) is 20.3 Å². The van der Waals surface area contributed by atoms with Crippen molar-refractivity contribution in [3.63, 3.8) is 0 Å². The highest BCUT2D eigenvalue weighted by molar-refractivity contribution is 5.97. The maximum Gasteiger partial charge on any atom is 0.341 e. The Kier molecular flexibility index (Phi) is 5.81. The first-order valence-electron chi connectivity index (χ1n) is 5.79. The summed E-state index contributed by atoms with van der Waals surface area (Å²) in [4.78, 5) is 22.4. The molecular weight excluding hydrogens is 250 g/mol. The topological polar surface area (TPSA) is 84.9 Å². The molecule has 6 nitrogen and oxygen atoms in total. The number of amides is 1. The van der Waals surface area contributed by atoms with E-state index in [1.165, 1.54) is 0 Å². The van der Waals surface area contributed by atoms with Crippen molar-refractivity contribution in [2.24, 2.45) is 0 Å². The van der Waals surface area contributed by atoms with Crippen molar-refractivity contribution >= 4 is 11.9 Å². The summed E-state index contributed by atoms with van der Waals surface area (Å²) in [5.41, 5.74) is 0.298. The molecule has 0 saturated carbocycles. The first-order chi connectivity index (χ1) is 9.04. The molecule has 1 amide bonds. The number of carboxylic acids is 1. The van der Waals surface area contributed by atoms with Crippen molar-refractivity contribution in [3.05, 3.63) is 29.8 Å². The van der Waals surface area contributed by atoms with Crippen molar-refractivity contribution in [1.29, 1.82) is 0 Å². The van der Waals surface area contributed by atoms with Gasteiger partial charge in [-0.1, -0.05) is 12.1 Å². The van der Waals surface area contributed by atoms with Crippen LogP contribution >= 0.6 is 0 Å². The zero-order valence-corrected chi connectivity index (χ0v) is 10.9. The molecule has 0 spiro atoms. The second kappa shape index (κ2) is 7.38. The molecular formula is C13H17NO5. The third-order valence-electron chi connectivity index (χ3n) is 2.44. The molecule has 6 heteroatoms. The number of hydrogen-bond donors (Lipinski definition) is 2. The van der Waals surface area contributed by atoms with Crippen molar-refractivity contribution < 1.29 is 24.2 Å². The maximum absolute atomic E-state index is 11.9. The van der Waals surface area contributed by atoms with Gasteiger partial charge < -0.3 is 19.9 Å². The summed E-state index contributed by atoms with van der Waals surface area (Å²) in [6.45, 7) is 1.70. The molecule has 0 fully saturated rings. The first kappa shape index (κ1) is 15.0. The summed E-state index contributed by atoms with van der Waals surface area (Å²) in [7, 11) is 1.56. The molecule has 0 aromatic heterocycles. The molecule has 1 aromatic carbocycles. The van der Waals surface area contributed by atoms with Crippen LogP contribution in [-0.4, -0.2) is 43.3 Å². The Morgan fingerprint density at radius 3 is 2.68 bits per heavy atom. The van der Waals surface area contributed by atoms with Gasteiger partial charge in [0, 0.05) is 13.7 Å². The number of carbonyl (C=O) groups excluding carboxylic acids is 1. The van der Waals surface area contributed by atoms with Crippen LogP contribution in [0, 0.1) is 0 Å². The fourth-order valence-electron chi connectivity index (χ4n) is 1.33. The van der Waals surface area contributed by atoms with Gasteiger partial charge in [0.2, 0.25) is 0 Å². The molecule has 104 valence electrons. The minimum absolute atomic E-state index is 0.101. The Hall–Kier alpha value is -2.08. The molecule has 0 aliphatic heterocycles. The smallest absolute Gasteiger partial charge is 0.341 e. The summed E-state index contributed by atoms with van der Waals surface area (Å²) in [5, 5.41) is 11.3. The van der Waals surface area contributed by atoms with Crippen LogP contribution in [0.5, 0.6) is 5.75 Å². The van der Waals surface area contributed by atoms with Crippen molar-refractivity contribution in [3.8, 4) is 5.75 Å². The van der Waals surface area contributed by atoms with E-state index < -0.39 is 12.6 Å². The lowest BCUT2D eigenvalue weighted by Gasteiger charge is -2.13. The van der Waals surface area contributed by atoms with E-state index in [1.807, 2.05) is 6.92 Å². The molecule has 1 atom stereocenters. The Bertz CT molecular complexity index is 446. The van der Waals surface area contributed by atoms with Crippen LogP contribution in [0.15, 0.2) is 24.3 Å². The summed E-state index contributed by atoms with van der Waals surface area (Å²) < 4.78 is 10.1. The quantitative estimate of drug-likeness (QED) is 0.767.